The van der Waals surface area contributed by atoms with Crippen molar-refractivity contribution in [1.82, 2.24) is 0 Å². The van der Waals surface area contributed by atoms with Gasteiger partial charge < -0.3 is 20.4 Å². The van der Waals surface area contributed by atoms with E-state index in [-0.39, 0.29) is 40.7 Å². The zero-order valence-electron chi connectivity index (χ0n) is 9.16. The Bertz CT molecular complexity index is 610. The predicted molar refractivity (Wildman–Crippen MR) is 70.1 cm³/mol. The van der Waals surface area contributed by atoms with Crippen LogP contribution >= 0.6 is 0 Å². The monoisotopic (exact) mass is 270 g/mol. The third-order valence-electron chi connectivity index (χ3n) is 2.51. The van der Waals surface area contributed by atoms with Crippen molar-refractivity contribution in [2.45, 2.75) is 0 Å². The van der Waals surface area contributed by atoms with Gasteiger partial charge in [-0.05, 0) is 6.07 Å². The summed E-state index contributed by atoms with van der Waals surface area (Å²) in [6.45, 7) is 0. The van der Waals surface area contributed by atoms with E-state index in [2.05, 4.69) is 0 Å². The van der Waals surface area contributed by atoms with E-state index in [9.17, 15) is 25.2 Å². The number of carbonyl (C=O) groups excluding carboxylic acids is 1. The molecule has 0 radical (unpaired) electrons. The Morgan fingerprint density at radius 1 is 0.842 bits per heavy atom. The molecule has 0 aromatic heterocycles. The summed E-state index contributed by atoms with van der Waals surface area (Å²) in [6.07, 6.45) is 0. The van der Waals surface area contributed by atoms with Crippen LogP contribution < -0.4 is 0 Å². The molecule has 0 unspecified atom stereocenters. The van der Waals surface area contributed by atoms with Gasteiger partial charge in [0.2, 0.25) is 11.5 Å². The summed E-state index contributed by atoms with van der Waals surface area (Å²) >= 11 is 0. The van der Waals surface area contributed by atoms with Gasteiger partial charge in [0.25, 0.3) is 0 Å². The van der Waals surface area contributed by atoms with Crippen molar-refractivity contribution in [1.29, 1.82) is 0 Å². The summed E-state index contributed by atoms with van der Waals surface area (Å²) in [7, 11) is 0. The van der Waals surface area contributed by atoms with Crippen molar-refractivity contribution in [2.75, 3.05) is 0 Å². The molecule has 0 amide bonds. The second kappa shape index (κ2) is 5.97. The molecule has 0 aliphatic heterocycles. The third-order valence-corrected chi connectivity index (χ3v) is 2.51. The molecule has 0 heterocycles. The Labute approximate surface area is 131 Å². The number of hydrogen-bond acceptors (Lipinski definition) is 5. The first-order valence-corrected chi connectivity index (χ1v) is 5.09. The SMILES string of the molecule is O=C(c1ccccc1)c1cc(O)c(O)c(O)c1O.[NaH]. The molecular formula is C13H11NaO5. The number of hydrogen-bond donors (Lipinski definition) is 4. The van der Waals surface area contributed by atoms with E-state index in [4.69, 9.17) is 0 Å². The first-order valence-electron chi connectivity index (χ1n) is 5.09. The number of carbonyl (C=O) groups is 1. The molecule has 0 saturated heterocycles. The second-order valence-electron chi connectivity index (χ2n) is 3.68. The van der Waals surface area contributed by atoms with Gasteiger partial charge in [-0.1, -0.05) is 30.3 Å². The van der Waals surface area contributed by atoms with Crippen molar-refractivity contribution in [3.63, 3.8) is 0 Å². The molecule has 94 valence electrons. The number of aromatic hydroxyl groups is 4. The van der Waals surface area contributed by atoms with Crippen molar-refractivity contribution in [3.8, 4) is 23.0 Å². The molecule has 2 rings (SSSR count). The summed E-state index contributed by atoms with van der Waals surface area (Å²) in [5.41, 5.74) is 0.00582. The molecule has 6 heteroatoms. The van der Waals surface area contributed by atoms with Crippen LogP contribution in [0.5, 0.6) is 23.0 Å². The molecular weight excluding hydrogens is 259 g/mol. The van der Waals surface area contributed by atoms with Crippen LogP contribution in [0.4, 0.5) is 0 Å². The van der Waals surface area contributed by atoms with Crippen LogP contribution in [0, 0.1) is 0 Å². The van der Waals surface area contributed by atoms with E-state index in [1.165, 1.54) is 12.1 Å². The number of rotatable bonds is 2. The van der Waals surface area contributed by atoms with Gasteiger partial charge in [-0.25, -0.2) is 0 Å². The maximum absolute atomic E-state index is 12.0. The standard InChI is InChI=1S/C13H10O5.Na.H/c14-9-6-8(11(16)13(18)12(9)17)10(15)7-4-2-1-3-5-7;;/h1-6,14,16-18H;;. The van der Waals surface area contributed by atoms with Gasteiger partial charge in [0.15, 0.2) is 17.3 Å². The van der Waals surface area contributed by atoms with Gasteiger partial charge in [-0.15, -0.1) is 0 Å². The number of phenols is 4. The number of phenolic OH excluding ortho intramolecular Hbond substituents is 4. The molecule has 0 aliphatic carbocycles. The van der Waals surface area contributed by atoms with Crippen molar-refractivity contribution in [3.05, 3.63) is 47.5 Å². The molecule has 19 heavy (non-hydrogen) atoms. The number of ketones is 1. The quantitative estimate of drug-likeness (QED) is 0.283. The molecule has 5 nitrogen and oxygen atoms in total. The normalized spacial score (nSPS) is 9.68. The van der Waals surface area contributed by atoms with Crippen LogP contribution in [0.2, 0.25) is 0 Å². The molecule has 2 aromatic carbocycles. The van der Waals surface area contributed by atoms with E-state index in [0.717, 1.165) is 6.07 Å². The summed E-state index contributed by atoms with van der Waals surface area (Å²) in [5, 5.41) is 37.5. The summed E-state index contributed by atoms with van der Waals surface area (Å²) in [4.78, 5) is 12.0. The van der Waals surface area contributed by atoms with Crippen LogP contribution in [0.25, 0.3) is 0 Å². The summed E-state index contributed by atoms with van der Waals surface area (Å²) in [5.74, 6) is -3.80. The minimum absolute atomic E-state index is 0. The molecule has 2 aromatic rings. The van der Waals surface area contributed by atoms with Gasteiger partial charge in [-0.3, -0.25) is 4.79 Å². The zero-order valence-corrected chi connectivity index (χ0v) is 9.16. The molecule has 0 fully saturated rings. The van der Waals surface area contributed by atoms with Gasteiger partial charge in [0.05, 0.1) is 5.56 Å². The van der Waals surface area contributed by atoms with E-state index >= 15 is 0 Å². The fourth-order valence-electron chi connectivity index (χ4n) is 1.55. The van der Waals surface area contributed by atoms with Crippen LogP contribution in [0.1, 0.15) is 15.9 Å². The molecule has 0 saturated carbocycles. The molecule has 0 spiro atoms. The third kappa shape index (κ3) is 2.84. The fraction of sp³-hybridized carbons (Fsp3) is 0. The van der Waals surface area contributed by atoms with E-state index in [1.807, 2.05) is 0 Å². The average Bonchev–Trinajstić information content (AvgIpc) is 2.41. The van der Waals surface area contributed by atoms with Gasteiger partial charge in [0.1, 0.15) is 0 Å². The Balaban J connectivity index is 0.00000180. The van der Waals surface area contributed by atoms with Crippen LogP contribution in [0.3, 0.4) is 0 Å². The molecule has 0 bridgehead atoms. The van der Waals surface area contributed by atoms with Crippen LogP contribution in [0.15, 0.2) is 36.4 Å². The Morgan fingerprint density at radius 2 is 1.42 bits per heavy atom. The van der Waals surface area contributed by atoms with Crippen molar-refractivity contribution in [2.24, 2.45) is 0 Å². The Kier molecular flexibility index (Phi) is 4.83. The Hall–Kier alpha value is -1.69. The first kappa shape index (κ1) is 15.4. The summed E-state index contributed by atoms with van der Waals surface area (Å²) < 4.78 is 0. The van der Waals surface area contributed by atoms with E-state index in [1.54, 1.807) is 18.2 Å². The first-order chi connectivity index (χ1) is 8.52. The van der Waals surface area contributed by atoms with Crippen LogP contribution in [-0.2, 0) is 0 Å². The predicted octanol–water partition coefficient (Wildman–Crippen LogP) is 1.09. The van der Waals surface area contributed by atoms with Gasteiger partial charge >= 0.3 is 29.6 Å². The van der Waals surface area contributed by atoms with Gasteiger partial charge in [-0.2, -0.15) is 0 Å². The second-order valence-corrected chi connectivity index (χ2v) is 3.68. The summed E-state index contributed by atoms with van der Waals surface area (Å²) in [6, 6.07) is 8.97. The van der Waals surface area contributed by atoms with E-state index < -0.39 is 28.8 Å². The zero-order chi connectivity index (χ0) is 13.3. The van der Waals surface area contributed by atoms with Crippen molar-refractivity contribution < 1.29 is 25.2 Å². The topological polar surface area (TPSA) is 98.0 Å². The molecule has 0 atom stereocenters. The molecule has 4 N–H and O–H groups in total. The van der Waals surface area contributed by atoms with Gasteiger partial charge in [0, 0.05) is 5.56 Å². The fourth-order valence-corrected chi connectivity index (χ4v) is 1.55. The minimum atomic E-state index is -0.922. The number of benzene rings is 2. The maximum atomic E-state index is 12.0. The van der Waals surface area contributed by atoms with Crippen LogP contribution in [-0.4, -0.2) is 55.8 Å². The Morgan fingerprint density at radius 3 is 2.00 bits per heavy atom. The van der Waals surface area contributed by atoms with E-state index in [0.29, 0.717) is 0 Å². The molecule has 0 aliphatic rings. The van der Waals surface area contributed by atoms with Crippen molar-refractivity contribution >= 4 is 35.3 Å². The average molecular weight is 270 g/mol.